The maximum absolute atomic E-state index is 13.9. The molecule has 0 radical (unpaired) electrons. The summed E-state index contributed by atoms with van der Waals surface area (Å²) >= 11 is 0. The van der Waals surface area contributed by atoms with Gasteiger partial charge in [-0.1, -0.05) is 29.8 Å². The molecule has 7 nitrogen and oxygen atoms in total. The highest BCUT2D eigenvalue weighted by molar-refractivity contribution is 5.95. The molecular formula is C26H31FN4O3. The molecule has 0 aliphatic carbocycles. The molecule has 2 aliphatic heterocycles. The monoisotopic (exact) mass is 466 g/mol. The first-order chi connectivity index (χ1) is 16.4. The number of urea groups is 1. The molecule has 8 heteroatoms. The summed E-state index contributed by atoms with van der Waals surface area (Å²) in [5, 5.41) is 3.08. The second-order valence-corrected chi connectivity index (χ2v) is 9.00. The van der Waals surface area contributed by atoms with E-state index in [4.69, 9.17) is 0 Å². The van der Waals surface area contributed by atoms with Crippen LogP contribution in [0, 0.1) is 12.7 Å². The normalized spacial score (nSPS) is 17.3. The van der Waals surface area contributed by atoms with Gasteiger partial charge in [0.15, 0.2) is 0 Å². The van der Waals surface area contributed by atoms with Crippen molar-refractivity contribution in [2.24, 2.45) is 0 Å². The van der Waals surface area contributed by atoms with Crippen LogP contribution < -0.4 is 5.32 Å². The Bertz CT molecular complexity index is 1050. The summed E-state index contributed by atoms with van der Waals surface area (Å²) in [4.78, 5) is 43.6. The second-order valence-electron chi connectivity index (χ2n) is 9.00. The second kappa shape index (κ2) is 10.7. The van der Waals surface area contributed by atoms with Crippen molar-refractivity contribution in [1.29, 1.82) is 0 Å². The van der Waals surface area contributed by atoms with Crippen molar-refractivity contribution in [1.82, 2.24) is 20.0 Å². The minimum absolute atomic E-state index is 0.00199. The fourth-order valence-electron chi connectivity index (χ4n) is 4.58. The van der Waals surface area contributed by atoms with Crippen molar-refractivity contribution in [3.63, 3.8) is 0 Å². The highest BCUT2D eigenvalue weighted by Crippen LogP contribution is 2.17. The van der Waals surface area contributed by atoms with Crippen LogP contribution >= 0.6 is 0 Å². The molecule has 2 fully saturated rings. The number of hydrogen-bond donors (Lipinski definition) is 1. The van der Waals surface area contributed by atoms with Gasteiger partial charge in [-0.25, -0.2) is 9.18 Å². The lowest BCUT2D eigenvalue weighted by Gasteiger charge is -2.33. The number of piperidine rings is 1. The average Bonchev–Trinajstić information content (AvgIpc) is 3.10. The third-order valence-electron chi connectivity index (χ3n) is 6.55. The predicted octanol–water partition coefficient (Wildman–Crippen LogP) is 3.30. The first-order valence-electron chi connectivity index (χ1n) is 11.9. The zero-order valence-corrected chi connectivity index (χ0v) is 19.5. The van der Waals surface area contributed by atoms with Gasteiger partial charge in [-0.05, 0) is 50.5 Å². The predicted molar refractivity (Wildman–Crippen MR) is 127 cm³/mol. The smallest absolute Gasteiger partial charge is 0.317 e. The lowest BCUT2D eigenvalue weighted by Crippen LogP contribution is -2.51. The molecule has 0 saturated carbocycles. The van der Waals surface area contributed by atoms with E-state index in [1.165, 1.54) is 12.1 Å². The van der Waals surface area contributed by atoms with Gasteiger partial charge in [0.25, 0.3) is 11.8 Å². The maximum atomic E-state index is 13.9. The molecule has 180 valence electrons. The first kappa shape index (κ1) is 23.7. The van der Waals surface area contributed by atoms with Crippen molar-refractivity contribution in [2.45, 2.75) is 32.2 Å². The number of benzene rings is 2. The minimum Gasteiger partial charge on any atom is -0.338 e. The van der Waals surface area contributed by atoms with Crippen LogP contribution in [-0.2, 0) is 0 Å². The fourth-order valence-corrected chi connectivity index (χ4v) is 4.58. The Labute approximate surface area is 199 Å². The Morgan fingerprint density at radius 1 is 0.824 bits per heavy atom. The summed E-state index contributed by atoms with van der Waals surface area (Å²) < 4.78 is 13.9. The van der Waals surface area contributed by atoms with Gasteiger partial charge in [-0.2, -0.15) is 0 Å². The Morgan fingerprint density at radius 3 is 2.24 bits per heavy atom. The van der Waals surface area contributed by atoms with E-state index in [2.05, 4.69) is 5.32 Å². The maximum Gasteiger partial charge on any atom is 0.317 e. The summed E-state index contributed by atoms with van der Waals surface area (Å²) in [5.74, 6) is -0.828. The average molecular weight is 467 g/mol. The minimum atomic E-state index is -0.515. The number of nitrogens with zero attached hydrogens (tertiary/aromatic N) is 3. The van der Waals surface area contributed by atoms with E-state index in [-0.39, 0.29) is 29.5 Å². The molecule has 0 atom stereocenters. The molecule has 0 spiro atoms. The van der Waals surface area contributed by atoms with Gasteiger partial charge in [0.1, 0.15) is 5.82 Å². The van der Waals surface area contributed by atoms with Crippen molar-refractivity contribution >= 4 is 17.8 Å². The number of hydrogen-bond acceptors (Lipinski definition) is 3. The van der Waals surface area contributed by atoms with Crippen molar-refractivity contribution in [3.05, 3.63) is 71.0 Å². The van der Waals surface area contributed by atoms with Gasteiger partial charge < -0.3 is 20.0 Å². The van der Waals surface area contributed by atoms with Crippen LogP contribution in [0.4, 0.5) is 9.18 Å². The molecule has 2 aliphatic rings. The number of amides is 4. The molecule has 2 heterocycles. The van der Waals surface area contributed by atoms with Gasteiger partial charge >= 0.3 is 6.03 Å². The molecule has 2 aromatic carbocycles. The number of carbonyl (C=O) groups excluding carboxylic acids is 3. The lowest BCUT2D eigenvalue weighted by atomic mass is 10.0. The van der Waals surface area contributed by atoms with E-state index in [0.717, 1.165) is 12.0 Å². The number of likely N-dealkylation sites (tertiary alicyclic amines) is 1. The quantitative estimate of drug-likeness (QED) is 0.755. The molecule has 2 saturated heterocycles. The molecule has 2 aromatic rings. The van der Waals surface area contributed by atoms with E-state index in [9.17, 15) is 18.8 Å². The van der Waals surface area contributed by atoms with E-state index < -0.39 is 5.82 Å². The molecule has 0 bridgehead atoms. The molecule has 4 rings (SSSR count). The van der Waals surface area contributed by atoms with Crippen molar-refractivity contribution in [2.75, 3.05) is 39.3 Å². The van der Waals surface area contributed by atoms with Crippen molar-refractivity contribution < 1.29 is 18.8 Å². The van der Waals surface area contributed by atoms with Gasteiger partial charge in [0.2, 0.25) is 0 Å². The number of carbonyl (C=O) groups is 3. The van der Waals surface area contributed by atoms with Crippen LogP contribution in [0.2, 0.25) is 0 Å². The van der Waals surface area contributed by atoms with E-state index in [1.54, 1.807) is 21.9 Å². The number of rotatable bonds is 3. The Balaban J connectivity index is 1.26. The standard InChI is InChI=1S/C26H31FN4O3/c1-19-6-4-7-20(18-19)24(32)29-12-5-13-31(17-16-29)26(34)28-21-10-14-30(15-11-21)25(33)22-8-2-3-9-23(22)27/h2-4,6-9,18,21H,5,10-17H2,1H3,(H,28,34). The molecule has 1 N–H and O–H groups in total. The third kappa shape index (κ3) is 5.55. The molecule has 4 amide bonds. The third-order valence-corrected chi connectivity index (χ3v) is 6.55. The molecule has 0 aromatic heterocycles. The number of aryl methyl sites for hydroxylation is 1. The Morgan fingerprint density at radius 2 is 1.50 bits per heavy atom. The van der Waals surface area contributed by atoms with Crippen LogP contribution in [0.5, 0.6) is 0 Å². The summed E-state index contributed by atoms with van der Waals surface area (Å²) in [6, 6.07) is 13.4. The highest BCUT2D eigenvalue weighted by atomic mass is 19.1. The lowest BCUT2D eigenvalue weighted by molar-refractivity contribution is 0.0699. The zero-order chi connectivity index (χ0) is 24.1. The van der Waals surface area contributed by atoms with E-state index in [0.29, 0.717) is 57.7 Å². The number of halogens is 1. The Hall–Kier alpha value is -3.42. The number of nitrogens with one attached hydrogen (secondary N) is 1. The zero-order valence-electron chi connectivity index (χ0n) is 19.5. The largest absolute Gasteiger partial charge is 0.338 e. The van der Waals surface area contributed by atoms with Crippen molar-refractivity contribution in [3.8, 4) is 0 Å². The van der Waals surface area contributed by atoms with E-state index in [1.807, 2.05) is 36.1 Å². The SMILES string of the molecule is Cc1cccc(C(=O)N2CCCN(C(=O)NC3CCN(C(=O)c4ccccc4F)CC3)CC2)c1. The Kier molecular flexibility index (Phi) is 7.45. The van der Waals surface area contributed by atoms with Crippen LogP contribution in [-0.4, -0.2) is 77.9 Å². The van der Waals surface area contributed by atoms with Gasteiger partial charge in [0, 0.05) is 50.9 Å². The molecular weight excluding hydrogens is 435 g/mol. The summed E-state index contributed by atoms with van der Waals surface area (Å²) in [6.45, 7) is 5.09. The summed E-state index contributed by atoms with van der Waals surface area (Å²) in [5.41, 5.74) is 1.80. The van der Waals surface area contributed by atoms with Crippen LogP contribution in [0.3, 0.4) is 0 Å². The van der Waals surface area contributed by atoms with Gasteiger partial charge in [0.05, 0.1) is 5.56 Å². The van der Waals surface area contributed by atoms with Crippen LogP contribution in [0.1, 0.15) is 45.5 Å². The molecule has 34 heavy (non-hydrogen) atoms. The molecule has 0 unspecified atom stereocenters. The highest BCUT2D eigenvalue weighted by Gasteiger charge is 2.28. The fraction of sp³-hybridized carbons (Fsp3) is 0.423. The topological polar surface area (TPSA) is 73.0 Å². The van der Waals surface area contributed by atoms with E-state index >= 15 is 0 Å². The first-order valence-corrected chi connectivity index (χ1v) is 11.9. The summed E-state index contributed by atoms with van der Waals surface area (Å²) in [6.07, 6.45) is 1.97. The summed E-state index contributed by atoms with van der Waals surface area (Å²) in [7, 11) is 0. The van der Waals surface area contributed by atoms with Crippen LogP contribution in [0.15, 0.2) is 48.5 Å². The van der Waals surface area contributed by atoms with Gasteiger partial charge in [-0.15, -0.1) is 0 Å². The van der Waals surface area contributed by atoms with Gasteiger partial charge in [-0.3, -0.25) is 9.59 Å². The van der Waals surface area contributed by atoms with Crippen LogP contribution in [0.25, 0.3) is 0 Å².